The van der Waals surface area contributed by atoms with Gasteiger partial charge in [-0.3, -0.25) is 0 Å². The quantitative estimate of drug-likeness (QED) is 0.312. The molecular formula is C11H20Br+. The van der Waals surface area contributed by atoms with Crippen LogP contribution in [0.25, 0.3) is 0 Å². The van der Waals surface area contributed by atoms with Crippen LogP contribution in [0, 0.1) is 6.58 Å². The van der Waals surface area contributed by atoms with E-state index in [0.29, 0.717) is 0 Å². The highest BCUT2D eigenvalue weighted by Crippen LogP contribution is 2.09. The summed E-state index contributed by atoms with van der Waals surface area (Å²) in [6.45, 7) is 5.28. The lowest BCUT2D eigenvalue weighted by Crippen LogP contribution is -1.80. The molecule has 0 spiro atoms. The molecular weight excluding hydrogens is 212 g/mol. The molecule has 0 N–H and O–H groups in total. The van der Waals surface area contributed by atoms with E-state index in [2.05, 4.69) is 15.9 Å². The van der Waals surface area contributed by atoms with Gasteiger partial charge in [-0.1, -0.05) is 48.0 Å². The highest BCUT2D eigenvalue weighted by Gasteiger charge is 1.90. The smallest absolute Gasteiger partial charge is 0.0928 e. The second-order valence-corrected chi connectivity index (χ2v) is 3.98. The standard InChI is InChI=1S/C11H20Br/c1-2-3-4-5-6-7-8-9-10-11-12/h1-2H,3-11H2/q+1. The Morgan fingerprint density at radius 1 is 0.833 bits per heavy atom. The van der Waals surface area contributed by atoms with Crippen molar-refractivity contribution in [3.8, 4) is 0 Å². The maximum Gasteiger partial charge on any atom is 0.201 e. The number of rotatable bonds is 9. The minimum atomic E-state index is 1.08. The van der Waals surface area contributed by atoms with Crippen LogP contribution in [-0.4, -0.2) is 5.33 Å². The van der Waals surface area contributed by atoms with E-state index < -0.39 is 0 Å². The van der Waals surface area contributed by atoms with Gasteiger partial charge < -0.3 is 0 Å². The Morgan fingerprint density at radius 2 is 1.33 bits per heavy atom. The van der Waals surface area contributed by atoms with Crippen molar-refractivity contribution in [2.45, 2.75) is 51.4 Å². The monoisotopic (exact) mass is 231 g/mol. The molecule has 0 aromatic rings. The van der Waals surface area contributed by atoms with Gasteiger partial charge in [-0.05, 0) is 12.8 Å². The van der Waals surface area contributed by atoms with Crippen molar-refractivity contribution < 1.29 is 0 Å². The molecule has 1 heteroatoms. The molecule has 0 radical (unpaired) electrons. The van der Waals surface area contributed by atoms with Gasteiger partial charge in [0.05, 0.1) is 0 Å². The zero-order valence-electron chi connectivity index (χ0n) is 7.90. The van der Waals surface area contributed by atoms with Crippen LogP contribution >= 0.6 is 15.9 Å². The van der Waals surface area contributed by atoms with E-state index in [9.17, 15) is 0 Å². The second kappa shape index (κ2) is 11.1. The van der Waals surface area contributed by atoms with Gasteiger partial charge in [0.1, 0.15) is 0 Å². The Labute approximate surface area is 85.6 Å². The topological polar surface area (TPSA) is 0 Å². The molecule has 0 aromatic carbocycles. The summed E-state index contributed by atoms with van der Waals surface area (Å²) in [4.78, 5) is 0. The SMILES string of the molecule is [CH+]=CCCCCCCCCCBr. The minimum Gasteiger partial charge on any atom is -0.0928 e. The maximum absolute atomic E-state index is 5.28. The largest absolute Gasteiger partial charge is 0.201 e. The van der Waals surface area contributed by atoms with E-state index in [4.69, 9.17) is 6.58 Å². The van der Waals surface area contributed by atoms with Crippen LogP contribution < -0.4 is 0 Å². The van der Waals surface area contributed by atoms with Gasteiger partial charge in [-0.15, -0.1) is 0 Å². The lowest BCUT2D eigenvalue weighted by molar-refractivity contribution is 0.594. The molecule has 0 fully saturated rings. The summed E-state index contributed by atoms with van der Waals surface area (Å²) in [6, 6.07) is 0. The van der Waals surface area contributed by atoms with Crippen LogP contribution in [0.1, 0.15) is 51.4 Å². The molecule has 0 aromatic heterocycles. The normalized spacial score (nSPS) is 10.0. The fraction of sp³-hybridized carbons (Fsp3) is 0.818. The average molecular weight is 232 g/mol. The van der Waals surface area contributed by atoms with Crippen LogP contribution in [0.15, 0.2) is 6.08 Å². The highest BCUT2D eigenvalue weighted by atomic mass is 79.9. The lowest BCUT2D eigenvalue weighted by atomic mass is 10.1. The van der Waals surface area contributed by atoms with E-state index in [0.717, 1.165) is 11.8 Å². The van der Waals surface area contributed by atoms with Crippen LogP contribution in [0.4, 0.5) is 0 Å². The second-order valence-electron chi connectivity index (χ2n) is 3.19. The summed E-state index contributed by atoms with van der Waals surface area (Å²) in [6.07, 6.45) is 12.4. The Hall–Kier alpha value is 0.130. The summed E-state index contributed by atoms with van der Waals surface area (Å²) >= 11 is 3.43. The summed E-state index contributed by atoms with van der Waals surface area (Å²) in [5.74, 6) is 0. The average Bonchev–Trinajstić information content (AvgIpc) is 2.10. The third-order valence-electron chi connectivity index (χ3n) is 2.00. The molecule has 0 heterocycles. The van der Waals surface area contributed by atoms with E-state index >= 15 is 0 Å². The van der Waals surface area contributed by atoms with E-state index in [1.807, 2.05) is 0 Å². The zero-order valence-corrected chi connectivity index (χ0v) is 9.48. The Balaban J connectivity index is 2.77. The lowest BCUT2D eigenvalue weighted by Gasteiger charge is -1.98. The van der Waals surface area contributed by atoms with Crippen molar-refractivity contribution in [3.63, 3.8) is 0 Å². The van der Waals surface area contributed by atoms with Gasteiger partial charge in [0.25, 0.3) is 0 Å². The van der Waals surface area contributed by atoms with Crippen LogP contribution in [0.2, 0.25) is 0 Å². The molecule has 0 saturated heterocycles. The molecule has 12 heavy (non-hydrogen) atoms. The molecule has 0 unspecified atom stereocenters. The van der Waals surface area contributed by atoms with E-state index in [1.165, 1.54) is 44.9 Å². The Bertz CT molecular complexity index is 89.0. The predicted molar refractivity (Wildman–Crippen MR) is 59.6 cm³/mol. The first-order valence-corrected chi connectivity index (χ1v) is 6.13. The van der Waals surface area contributed by atoms with Gasteiger partial charge in [-0.2, -0.15) is 0 Å². The number of unbranched alkanes of at least 4 members (excludes halogenated alkanes) is 7. The van der Waals surface area contributed by atoms with Crippen molar-refractivity contribution in [1.29, 1.82) is 0 Å². The molecule has 0 bridgehead atoms. The molecule has 0 aliphatic carbocycles. The third-order valence-corrected chi connectivity index (χ3v) is 2.57. The number of allylic oxidation sites excluding steroid dienone is 1. The van der Waals surface area contributed by atoms with Gasteiger partial charge in [0.2, 0.25) is 6.58 Å². The van der Waals surface area contributed by atoms with Gasteiger partial charge in [-0.25, -0.2) is 0 Å². The van der Waals surface area contributed by atoms with Crippen molar-refractivity contribution in [2.24, 2.45) is 0 Å². The molecule has 0 amide bonds. The van der Waals surface area contributed by atoms with Crippen LogP contribution in [0.5, 0.6) is 0 Å². The number of hydrogen-bond acceptors (Lipinski definition) is 0. The molecule has 0 atom stereocenters. The van der Waals surface area contributed by atoms with Gasteiger partial charge >= 0.3 is 0 Å². The summed E-state index contributed by atoms with van der Waals surface area (Å²) < 4.78 is 0. The minimum absolute atomic E-state index is 1.08. The van der Waals surface area contributed by atoms with Crippen LogP contribution in [-0.2, 0) is 0 Å². The molecule has 0 aliphatic heterocycles. The highest BCUT2D eigenvalue weighted by molar-refractivity contribution is 9.09. The first kappa shape index (κ1) is 12.1. The summed E-state index contributed by atoms with van der Waals surface area (Å²) in [7, 11) is 0. The number of hydrogen-bond donors (Lipinski definition) is 0. The Morgan fingerprint density at radius 3 is 1.83 bits per heavy atom. The molecule has 70 valence electrons. The van der Waals surface area contributed by atoms with E-state index in [-0.39, 0.29) is 0 Å². The Kier molecular flexibility index (Phi) is 11.3. The molecule has 0 saturated carbocycles. The van der Waals surface area contributed by atoms with Crippen LogP contribution in [0.3, 0.4) is 0 Å². The maximum atomic E-state index is 5.28. The number of halogens is 1. The van der Waals surface area contributed by atoms with Crippen molar-refractivity contribution in [2.75, 3.05) is 5.33 Å². The zero-order chi connectivity index (χ0) is 9.07. The molecule has 0 aliphatic rings. The third kappa shape index (κ3) is 10.1. The summed E-state index contributed by atoms with van der Waals surface area (Å²) in [5, 5.41) is 1.16. The first-order valence-electron chi connectivity index (χ1n) is 5.01. The molecule has 0 nitrogen and oxygen atoms in total. The summed E-state index contributed by atoms with van der Waals surface area (Å²) in [5.41, 5.74) is 0. The fourth-order valence-corrected chi connectivity index (χ4v) is 1.64. The van der Waals surface area contributed by atoms with Crippen molar-refractivity contribution in [3.05, 3.63) is 12.7 Å². The van der Waals surface area contributed by atoms with Gasteiger partial charge in [0, 0.05) is 11.8 Å². The van der Waals surface area contributed by atoms with E-state index in [1.54, 1.807) is 6.08 Å². The number of alkyl halides is 1. The first-order chi connectivity index (χ1) is 5.91. The fourth-order valence-electron chi connectivity index (χ4n) is 1.24. The predicted octanol–water partition coefficient (Wildman–Crippen LogP) is 4.49. The van der Waals surface area contributed by atoms with Gasteiger partial charge in [0.15, 0.2) is 6.08 Å². The van der Waals surface area contributed by atoms with Crippen molar-refractivity contribution in [1.82, 2.24) is 0 Å². The van der Waals surface area contributed by atoms with Crippen molar-refractivity contribution >= 4 is 15.9 Å². The molecule has 0 rings (SSSR count).